The fourth-order valence-corrected chi connectivity index (χ4v) is 3.25. The summed E-state index contributed by atoms with van der Waals surface area (Å²) in [7, 11) is 0. The summed E-state index contributed by atoms with van der Waals surface area (Å²) in [4.78, 5) is 19.2. The van der Waals surface area contributed by atoms with Crippen molar-refractivity contribution in [2.24, 2.45) is 4.99 Å². The molecule has 0 unspecified atom stereocenters. The Kier molecular flexibility index (Phi) is 11.5. The Labute approximate surface area is 191 Å². The van der Waals surface area contributed by atoms with Gasteiger partial charge in [-0.3, -0.25) is 9.79 Å². The fraction of sp³-hybridized carbons (Fsp3) is 0.619. The van der Waals surface area contributed by atoms with Gasteiger partial charge in [0, 0.05) is 43.8 Å². The molecule has 1 fully saturated rings. The third kappa shape index (κ3) is 8.46. The van der Waals surface area contributed by atoms with E-state index in [-0.39, 0.29) is 35.7 Å². The van der Waals surface area contributed by atoms with Gasteiger partial charge in [0.05, 0.1) is 6.54 Å². The number of aliphatic imine (C=N–C) groups is 1. The highest BCUT2D eigenvalue weighted by molar-refractivity contribution is 14.0. The van der Waals surface area contributed by atoms with Gasteiger partial charge in [0.2, 0.25) is 0 Å². The number of guanidine groups is 1. The summed E-state index contributed by atoms with van der Waals surface area (Å²) < 4.78 is 13.6. The number of carbonyl (C=O) groups is 1. The maximum atomic E-state index is 13.6. The summed E-state index contributed by atoms with van der Waals surface area (Å²) in [6.45, 7) is 12.0. The maximum Gasteiger partial charge on any atom is 0.251 e. The van der Waals surface area contributed by atoms with Crippen molar-refractivity contribution >= 4 is 35.8 Å². The molecular weight excluding hydrogens is 484 g/mol. The van der Waals surface area contributed by atoms with Crippen LogP contribution in [0.3, 0.4) is 0 Å². The number of rotatable bonds is 7. The molecule has 1 aliphatic heterocycles. The molecule has 2 rings (SSSR count). The topological polar surface area (TPSA) is 68.8 Å². The van der Waals surface area contributed by atoms with Gasteiger partial charge in [0.25, 0.3) is 5.91 Å². The van der Waals surface area contributed by atoms with E-state index >= 15 is 0 Å². The molecule has 0 aromatic heterocycles. The van der Waals surface area contributed by atoms with Crippen molar-refractivity contribution in [3.05, 3.63) is 35.1 Å². The number of carbonyl (C=O) groups excluding carboxylic acids is 1. The minimum Gasteiger partial charge on any atom is -0.357 e. The van der Waals surface area contributed by atoms with Crippen LogP contribution in [-0.4, -0.2) is 61.6 Å². The molecule has 1 aliphatic rings. The Balaban J connectivity index is 0.00000420. The van der Waals surface area contributed by atoms with Crippen LogP contribution in [-0.2, 0) is 0 Å². The molecule has 1 heterocycles. The highest BCUT2D eigenvalue weighted by Gasteiger charge is 2.21. The van der Waals surface area contributed by atoms with Crippen LogP contribution in [0.5, 0.6) is 0 Å². The fourth-order valence-electron chi connectivity index (χ4n) is 3.25. The number of nitrogens with one attached hydrogen (secondary N) is 3. The van der Waals surface area contributed by atoms with Crippen LogP contribution in [0.2, 0.25) is 0 Å². The van der Waals surface area contributed by atoms with Crippen molar-refractivity contribution in [3.8, 4) is 0 Å². The van der Waals surface area contributed by atoms with Crippen LogP contribution < -0.4 is 16.0 Å². The Morgan fingerprint density at radius 3 is 2.55 bits per heavy atom. The van der Waals surface area contributed by atoms with Gasteiger partial charge in [-0.05, 0) is 58.2 Å². The Morgan fingerprint density at radius 2 is 1.97 bits per heavy atom. The largest absolute Gasteiger partial charge is 0.357 e. The summed E-state index contributed by atoms with van der Waals surface area (Å²) in [5, 5.41) is 9.55. The molecule has 1 saturated heterocycles. The third-order valence-corrected chi connectivity index (χ3v) is 5.05. The second-order valence-electron chi connectivity index (χ2n) is 7.53. The smallest absolute Gasteiger partial charge is 0.251 e. The Morgan fingerprint density at radius 1 is 1.28 bits per heavy atom. The predicted molar refractivity (Wildman–Crippen MR) is 128 cm³/mol. The number of hydrogen-bond acceptors (Lipinski definition) is 3. The average molecular weight is 519 g/mol. The van der Waals surface area contributed by atoms with Gasteiger partial charge in [-0.25, -0.2) is 4.39 Å². The van der Waals surface area contributed by atoms with Crippen molar-refractivity contribution in [3.63, 3.8) is 0 Å². The number of benzene rings is 1. The summed E-state index contributed by atoms with van der Waals surface area (Å²) in [5.41, 5.74) is 0.857. The molecule has 1 aromatic rings. The predicted octanol–water partition coefficient (Wildman–Crippen LogP) is 2.91. The van der Waals surface area contributed by atoms with Crippen LogP contribution >= 0.6 is 24.0 Å². The summed E-state index contributed by atoms with van der Waals surface area (Å²) in [5.74, 6) is 0.127. The van der Waals surface area contributed by atoms with Gasteiger partial charge >= 0.3 is 0 Å². The highest BCUT2D eigenvalue weighted by Crippen LogP contribution is 2.13. The molecule has 164 valence electrons. The number of halogens is 2. The molecule has 29 heavy (non-hydrogen) atoms. The Bertz CT molecular complexity index is 675. The lowest BCUT2D eigenvalue weighted by Crippen LogP contribution is -2.50. The Hall–Kier alpha value is -1.42. The maximum absolute atomic E-state index is 13.6. The zero-order valence-corrected chi connectivity index (χ0v) is 20.3. The van der Waals surface area contributed by atoms with Gasteiger partial charge in [0.15, 0.2) is 5.96 Å². The number of hydrogen-bond donors (Lipinski definition) is 3. The van der Waals surface area contributed by atoms with Crippen LogP contribution in [0.25, 0.3) is 0 Å². The average Bonchev–Trinajstić information content (AvgIpc) is 2.67. The van der Waals surface area contributed by atoms with Crippen molar-refractivity contribution in [1.29, 1.82) is 0 Å². The van der Waals surface area contributed by atoms with E-state index in [1.54, 1.807) is 19.1 Å². The van der Waals surface area contributed by atoms with E-state index < -0.39 is 0 Å². The van der Waals surface area contributed by atoms with E-state index in [2.05, 4.69) is 39.7 Å². The van der Waals surface area contributed by atoms with Gasteiger partial charge in [-0.1, -0.05) is 6.07 Å². The first-order valence-corrected chi connectivity index (χ1v) is 10.2. The monoisotopic (exact) mass is 519 g/mol. The zero-order chi connectivity index (χ0) is 20.5. The third-order valence-electron chi connectivity index (χ3n) is 5.05. The standard InChI is InChI=1S/C21H34FN5O.HI/c1-5-23-21(26-18-8-12-27(13-9-18)15(2)3)25-11-10-24-20(28)17-7-6-16(4)19(22)14-17;/h6-7,14-15,18H,5,8-13H2,1-4H3,(H,24,28)(H2,23,25,26);1H. The number of nitrogens with zero attached hydrogens (tertiary/aromatic N) is 2. The SMILES string of the molecule is CCNC(=NCCNC(=O)c1ccc(C)c(F)c1)NC1CCN(C(C)C)CC1.I. The molecule has 0 radical (unpaired) electrons. The number of likely N-dealkylation sites (tertiary alicyclic amines) is 1. The number of amides is 1. The quantitative estimate of drug-likeness (QED) is 0.224. The summed E-state index contributed by atoms with van der Waals surface area (Å²) >= 11 is 0. The molecule has 0 bridgehead atoms. The minimum atomic E-state index is -0.368. The van der Waals surface area contributed by atoms with E-state index in [1.165, 1.54) is 6.07 Å². The lowest BCUT2D eigenvalue weighted by atomic mass is 10.0. The van der Waals surface area contributed by atoms with Crippen LogP contribution in [0.4, 0.5) is 4.39 Å². The van der Waals surface area contributed by atoms with E-state index in [9.17, 15) is 9.18 Å². The highest BCUT2D eigenvalue weighted by atomic mass is 127. The normalized spacial score (nSPS) is 15.7. The van der Waals surface area contributed by atoms with Gasteiger partial charge in [0.1, 0.15) is 5.82 Å². The van der Waals surface area contributed by atoms with E-state index in [0.717, 1.165) is 38.4 Å². The first kappa shape index (κ1) is 25.6. The van der Waals surface area contributed by atoms with E-state index in [0.29, 0.717) is 36.3 Å². The first-order chi connectivity index (χ1) is 13.4. The number of piperidine rings is 1. The molecule has 0 atom stereocenters. The lowest BCUT2D eigenvalue weighted by molar-refractivity contribution is 0.0954. The molecular formula is C21H35FIN5O. The molecule has 6 nitrogen and oxygen atoms in total. The molecule has 1 aromatic carbocycles. The molecule has 0 spiro atoms. The first-order valence-electron chi connectivity index (χ1n) is 10.2. The molecule has 8 heteroatoms. The van der Waals surface area contributed by atoms with Crippen molar-refractivity contribution < 1.29 is 9.18 Å². The molecule has 0 saturated carbocycles. The van der Waals surface area contributed by atoms with Crippen LogP contribution in [0, 0.1) is 12.7 Å². The van der Waals surface area contributed by atoms with Crippen LogP contribution in [0.1, 0.15) is 49.5 Å². The molecule has 1 amide bonds. The van der Waals surface area contributed by atoms with Gasteiger partial charge in [-0.2, -0.15) is 0 Å². The second kappa shape index (κ2) is 13.0. The van der Waals surface area contributed by atoms with Crippen molar-refractivity contribution in [2.45, 2.75) is 52.6 Å². The van der Waals surface area contributed by atoms with E-state index in [1.807, 2.05) is 6.92 Å². The van der Waals surface area contributed by atoms with Gasteiger partial charge < -0.3 is 20.9 Å². The summed E-state index contributed by atoms with van der Waals surface area (Å²) in [6.07, 6.45) is 2.19. The van der Waals surface area contributed by atoms with Gasteiger partial charge in [-0.15, -0.1) is 24.0 Å². The van der Waals surface area contributed by atoms with E-state index in [4.69, 9.17) is 0 Å². The van der Waals surface area contributed by atoms with Crippen LogP contribution in [0.15, 0.2) is 23.2 Å². The summed E-state index contributed by atoms with van der Waals surface area (Å²) in [6, 6.07) is 5.52. The molecule has 0 aliphatic carbocycles. The zero-order valence-electron chi connectivity index (χ0n) is 17.9. The molecule has 3 N–H and O–H groups in total. The second-order valence-corrected chi connectivity index (χ2v) is 7.53. The van der Waals surface area contributed by atoms with Crippen molar-refractivity contribution in [1.82, 2.24) is 20.9 Å². The lowest BCUT2D eigenvalue weighted by Gasteiger charge is -2.35. The van der Waals surface area contributed by atoms with Crippen molar-refractivity contribution in [2.75, 3.05) is 32.7 Å². The number of aryl methyl sites for hydroxylation is 1. The minimum absolute atomic E-state index is 0.